The van der Waals surface area contributed by atoms with Crippen LogP contribution < -0.4 is 14.6 Å². The van der Waals surface area contributed by atoms with Crippen molar-refractivity contribution < 1.29 is 23.9 Å². The largest absolute Gasteiger partial charge is 0.497 e. The summed E-state index contributed by atoms with van der Waals surface area (Å²) in [6, 6.07) is 31.3. The molecule has 0 unspecified atom stereocenters. The van der Waals surface area contributed by atoms with Crippen LogP contribution in [0.2, 0.25) is 0 Å². The summed E-state index contributed by atoms with van der Waals surface area (Å²) in [5.41, 5.74) is 2.80. The van der Waals surface area contributed by atoms with Crippen molar-refractivity contribution in [3.05, 3.63) is 125 Å². The molecule has 2 aliphatic rings. The van der Waals surface area contributed by atoms with Gasteiger partial charge in [-0.2, -0.15) is 5.10 Å². The van der Waals surface area contributed by atoms with E-state index in [0.29, 0.717) is 17.1 Å². The third-order valence-corrected chi connectivity index (χ3v) is 8.45. The molecule has 8 nitrogen and oxygen atoms in total. The minimum atomic E-state index is -0.942. The highest BCUT2D eigenvalue weighted by Gasteiger charge is 2.58. The second-order valence-electron chi connectivity index (χ2n) is 10.3. The second-order valence-corrected chi connectivity index (χ2v) is 11.2. The zero-order chi connectivity index (χ0) is 30.1. The van der Waals surface area contributed by atoms with E-state index in [4.69, 9.17) is 14.6 Å². The molecule has 4 aromatic carbocycles. The first-order valence-corrected chi connectivity index (χ1v) is 14.5. The summed E-state index contributed by atoms with van der Waals surface area (Å²) >= 11 is 3.47. The Kier molecular flexibility index (Phi) is 7.82. The molecular formula is C34H28BrN3O5. The van der Waals surface area contributed by atoms with Gasteiger partial charge in [0, 0.05) is 10.2 Å². The minimum Gasteiger partial charge on any atom is -0.497 e. The molecule has 2 heterocycles. The molecule has 6 rings (SSSR count). The number of benzene rings is 4. The maximum Gasteiger partial charge on any atom is 0.354 e. The predicted molar refractivity (Wildman–Crippen MR) is 168 cm³/mol. The van der Waals surface area contributed by atoms with Crippen LogP contribution in [0, 0.1) is 0 Å². The summed E-state index contributed by atoms with van der Waals surface area (Å²) in [4.78, 5) is 43.6. The van der Waals surface area contributed by atoms with E-state index in [-0.39, 0.29) is 17.4 Å². The molecule has 1 saturated heterocycles. The van der Waals surface area contributed by atoms with E-state index in [1.54, 1.807) is 36.4 Å². The number of carbonyl (C=O) groups is 3. The van der Waals surface area contributed by atoms with Gasteiger partial charge in [0.1, 0.15) is 17.8 Å². The number of β-lactam (4-membered cyclic amide) rings is 1. The van der Waals surface area contributed by atoms with Crippen LogP contribution in [0.25, 0.3) is 0 Å². The molecule has 0 saturated carbocycles. The van der Waals surface area contributed by atoms with E-state index >= 15 is 4.79 Å². The number of hydrazone groups is 1. The monoisotopic (exact) mass is 637 g/mol. The average molecular weight is 639 g/mol. The van der Waals surface area contributed by atoms with Crippen molar-refractivity contribution in [2.45, 2.75) is 23.9 Å². The van der Waals surface area contributed by atoms with Crippen molar-refractivity contribution in [2.75, 3.05) is 24.1 Å². The molecule has 0 aromatic heterocycles. The van der Waals surface area contributed by atoms with Gasteiger partial charge in [0.15, 0.2) is 11.5 Å². The summed E-state index contributed by atoms with van der Waals surface area (Å²) in [5, 5.41) is 6.31. The Morgan fingerprint density at radius 3 is 1.84 bits per heavy atom. The number of rotatable bonds is 8. The highest BCUT2D eigenvalue weighted by Crippen LogP contribution is 2.45. The van der Waals surface area contributed by atoms with Crippen LogP contribution in [0.5, 0.6) is 5.75 Å². The van der Waals surface area contributed by atoms with Crippen LogP contribution >= 0.6 is 15.9 Å². The van der Waals surface area contributed by atoms with E-state index in [1.165, 1.54) is 12.0 Å². The van der Waals surface area contributed by atoms with Crippen LogP contribution in [-0.2, 0) is 19.1 Å². The Bertz CT molecular complexity index is 1680. The molecular weight excluding hydrogens is 610 g/mol. The first kappa shape index (κ1) is 28.4. The van der Waals surface area contributed by atoms with Crippen LogP contribution in [0.4, 0.5) is 11.4 Å². The van der Waals surface area contributed by atoms with E-state index in [1.807, 2.05) is 84.9 Å². The summed E-state index contributed by atoms with van der Waals surface area (Å²) < 4.78 is 11.3. The molecule has 2 aliphatic heterocycles. The van der Waals surface area contributed by atoms with Gasteiger partial charge < -0.3 is 14.4 Å². The number of hydrogen-bond acceptors (Lipinski definition) is 7. The van der Waals surface area contributed by atoms with Crippen LogP contribution in [-0.4, -0.2) is 49.7 Å². The third kappa shape index (κ3) is 5.10. The van der Waals surface area contributed by atoms with Gasteiger partial charge in [-0.05, 0) is 59.7 Å². The molecule has 9 heteroatoms. The Hall–Kier alpha value is -4.76. The van der Waals surface area contributed by atoms with Crippen molar-refractivity contribution >= 4 is 50.7 Å². The van der Waals surface area contributed by atoms with Crippen molar-refractivity contribution in [1.29, 1.82) is 0 Å². The van der Waals surface area contributed by atoms with Crippen molar-refractivity contribution in [3.63, 3.8) is 0 Å². The first-order valence-electron chi connectivity index (χ1n) is 13.7. The molecule has 1 amide bonds. The number of nitrogens with zero attached hydrogens (tertiary/aromatic N) is 3. The number of amides is 1. The molecule has 0 spiro atoms. The van der Waals surface area contributed by atoms with Gasteiger partial charge >= 0.3 is 5.97 Å². The fourth-order valence-corrected chi connectivity index (χ4v) is 6.14. The predicted octanol–water partition coefficient (Wildman–Crippen LogP) is 5.73. The maximum absolute atomic E-state index is 15.1. The van der Waals surface area contributed by atoms with Gasteiger partial charge in [-0.1, -0.05) is 76.6 Å². The Morgan fingerprint density at radius 2 is 1.28 bits per heavy atom. The van der Waals surface area contributed by atoms with Gasteiger partial charge in [-0.15, -0.1) is 0 Å². The number of Topliss-reactive ketones (excluding diaryl/α,β-unsaturated/α-hetero) is 1. The topological polar surface area (TPSA) is 88.5 Å². The molecule has 0 radical (unpaired) electrons. The smallest absolute Gasteiger partial charge is 0.354 e. The number of hydrogen-bond donors (Lipinski definition) is 0. The molecule has 0 N–H and O–H groups in total. The molecule has 1 fully saturated rings. The lowest BCUT2D eigenvalue weighted by atomic mass is 9.74. The van der Waals surface area contributed by atoms with E-state index in [2.05, 4.69) is 15.9 Å². The van der Waals surface area contributed by atoms with Crippen LogP contribution in [0.3, 0.4) is 0 Å². The van der Waals surface area contributed by atoms with Gasteiger partial charge in [-0.3, -0.25) is 14.6 Å². The highest BCUT2D eigenvalue weighted by molar-refractivity contribution is 9.10. The normalized spacial score (nSPS) is 21.2. The Morgan fingerprint density at radius 1 is 0.721 bits per heavy atom. The SMILES string of the molecule is COC(=O)C1=NN(c2ccc(Br)cc2)[C@H](C(=O)[C@H]2[C@@H](c3ccccc3)C(=O)N2c2ccc(OC)cc2)[C@H]1c1ccccc1. The van der Waals surface area contributed by atoms with E-state index in [9.17, 15) is 9.59 Å². The fraction of sp³-hybridized carbons (Fsp3) is 0.176. The van der Waals surface area contributed by atoms with Gasteiger partial charge in [-0.25, -0.2) is 4.79 Å². The lowest BCUT2D eigenvalue weighted by Crippen LogP contribution is -2.66. The first-order chi connectivity index (χ1) is 20.9. The summed E-state index contributed by atoms with van der Waals surface area (Å²) in [7, 11) is 2.87. The van der Waals surface area contributed by atoms with Crippen molar-refractivity contribution in [3.8, 4) is 5.75 Å². The zero-order valence-corrected chi connectivity index (χ0v) is 25.0. The van der Waals surface area contributed by atoms with E-state index < -0.39 is 29.9 Å². The molecule has 43 heavy (non-hydrogen) atoms. The summed E-state index contributed by atoms with van der Waals surface area (Å²) in [6.45, 7) is 0. The van der Waals surface area contributed by atoms with Crippen LogP contribution in [0.1, 0.15) is 23.0 Å². The lowest BCUT2D eigenvalue weighted by Gasteiger charge is -2.48. The molecule has 0 bridgehead atoms. The van der Waals surface area contributed by atoms with Gasteiger partial charge in [0.2, 0.25) is 5.91 Å². The fourth-order valence-electron chi connectivity index (χ4n) is 5.87. The second kappa shape index (κ2) is 11.9. The molecule has 4 aromatic rings. The summed E-state index contributed by atoms with van der Waals surface area (Å²) in [6.07, 6.45) is 0. The number of methoxy groups -OCH3 is 2. The molecule has 4 atom stereocenters. The minimum absolute atomic E-state index is 0.118. The number of esters is 1. The Labute approximate surface area is 257 Å². The number of ether oxygens (including phenoxy) is 2. The number of carbonyl (C=O) groups excluding carboxylic acids is 3. The Balaban J connectivity index is 1.50. The lowest BCUT2D eigenvalue weighted by molar-refractivity contribution is -0.135. The third-order valence-electron chi connectivity index (χ3n) is 7.92. The van der Waals surface area contributed by atoms with Crippen LogP contribution in [0.15, 0.2) is 119 Å². The number of ketones is 1. The van der Waals surface area contributed by atoms with Gasteiger partial charge in [0.25, 0.3) is 0 Å². The van der Waals surface area contributed by atoms with E-state index in [0.717, 1.165) is 15.6 Å². The quantitative estimate of drug-likeness (QED) is 0.181. The number of anilines is 2. The van der Waals surface area contributed by atoms with Crippen molar-refractivity contribution in [2.24, 2.45) is 5.10 Å². The molecule has 0 aliphatic carbocycles. The highest BCUT2D eigenvalue weighted by atomic mass is 79.9. The maximum atomic E-state index is 15.1. The summed E-state index contributed by atoms with van der Waals surface area (Å²) in [5.74, 6) is -1.87. The zero-order valence-electron chi connectivity index (χ0n) is 23.5. The average Bonchev–Trinajstić information content (AvgIpc) is 3.45. The number of halogens is 1. The van der Waals surface area contributed by atoms with Gasteiger partial charge in [0.05, 0.1) is 31.7 Å². The van der Waals surface area contributed by atoms with Crippen molar-refractivity contribution in [1.82, 2.24) is 0 Å². The molecule has 216 valence electrons. The standard InChI is InChI=1S/C34H28BrN3O5/c1-42-26-19-17-24(18-20-26)37-30(28(33(37)40)22-11-7-4-8-12-22)32(39)31-27(21-9-5-3-6-10-21)29(34(41)43-2)36-38(31)25-15-13-23(35)14-16-25/h3-20,27-28,30-31H,1-2H3/t27-,28+,30+,31-/m0/s1.